The highest BCUT2D eigenvalue weighted by Crippen LogP contribution is 2.13. The zero-order valence-electron chi connectivity index (χ0n) is 10.3. The molecule has 1 rings (SSSR count). The van der Waals surface area contributed by atoms with Crippen molar-refractivity contribution in [2.45, 2.75) is 19.4 Å². The number of amides is 2. The molecule has 102 valence electrons. The van der Waals surface area contributed by atoms with Gasteiger partial charge in [-0.2, -0.15) is 0 Å². The van der Waals surface area contributed by atoms with Gasteiger partial charge in [0.1, 0.15) is 6.04 Å². The van der Waals surface area contributed by atoms with Gasteiger partial charge in [-0.25, -0.2) is 4.79 Å². The number of carbonyl (C=O) groups is 3. The minimum absolute atomic E-state index is 0.221. The number of anilines is 1. The van der Waals surface area contributed by atoms with Crippen molar-refractivity contribution in [3.63, 3.8) is 0 Å². The lowest BCUT2D eigenvalue weighted by molar-refractivity contribution is -0.140. The van der Waals surface area contributed by atoms with Gasteiger partial charge < -0.3 is 21.9 Å². The molecule has 0 fully saturated rings. The van der Waals surface area contributed by atoms with E-state index in [1.54, 1.807) is 13.0 Å². The number of nitrogens with two attached hydrogens (primary N) is 2. The lowest BCUT2D eigenvalue weighted by atomic mass is 10.1. The van der Waals surface area contributed by atoms with E-state index >= 15 is 0 Å². The number of aliphatic carboxylic acids is 1. The zero-order chi connectivity index (χ0) is 14.6. The van der Waals surface area contributed by atoms with Gasteiger partial charge >= 0.3 is 5.97 Å². The minimum Gasteiger partial charge on any atom is -0.480 e. The van der Waals surface area contributed by atoms with Crippen molar-refractivity contribution in [1.82, 2.24) is 5.32 Å². The molecular formula is C12H15N3O4. The first kappa shape index (κ1) is 14.5. The number of carboxylic acid groups (broad SMARTS) is 1. The highest BCUT2D eigenvalue weighted by molar-refractivity contribution is 5.98. The van der Waals surface area contributed by atoms with E-state index in [1.165, 1.54) is 12.1 Å². The molecule has 0 saturated heterocycles. The molecule has 0 aliphatic heterocycles. The Morgan fingerprint density at radius 3 is 2.47 bits per heavy atom. The van der Waals surface area contributed by atoms with Gasteiger partial charge in [-0.3, -0.25) is 9.59 Å². The van der Waals surface area contributed by atoms with E-state index in [1.807, 2.05) is 0 Å². The summed E-state index contributed by atoms with van der Waals surface area (Å²) in [6.45, 7) is 1.78. The molecule has 7 nitrogen and oxygen atoms in total. The van der Waals surface area contributed by atoms with Crippen LogP contribution < -0.4 is 16.8 Å². The molecule has 0 aliphatic rings. The highest BCUT2D eigenvalue weighted by atomic mass is 16.4. The summed E-state index contributed by atoms with van der Waals surface area (Å²) in [6.07, 6.45) is -0.470. The number of nitrogen functional groups attached to an aromatic ring is 1. The zero-order valence-corrected chi connectivity index (χ0v) is 10.3. The summed E-state index contributed by atoms with van der Waals surface area (Å²) in [6, 6.07) is 3.25. The molecule has 0 bridgehead atoms. The molecule has 0 saturated carbocycles. The van der Waals surface area contributed by atoms with E-state index in [0.717, 1.165) is 5.56 Å². The van der Waals surface area contributed by atoms with Crippen LogP contribution in [0.1, 0.15) is 22.3 Å². The first-order valence-electron chi connectivity index (χ1n) is 5.49. The van der Waals surface area contributed by atoms with E-state index < -0.39 is 30.2 Å². The SMILES string of the molecule is Cc1ccc(C(=O)N[C@@H](CC(N)=O)C(=O)O)cc1N. The number of aryl methyl sites for hydroxylation is 1. The quantitative estimate of drug-likeness (QED) is 0.539. The predicted molar refractivity (Wildman–Crippen MR) is 68.3 cm³/mol. The maximum absolute atomic E-state index is 11.8. The van der Waals surface area contributed by atoms with Crippen LogP contribution in [0.3, 0.4) is 0 Å². The molecule has 0 unspecified atom stereocenters. The second-order valence-corrected chi connectivity index (χ2v) is 4.11. The Morgan fingerprint density at radius 2 is 2.00 bits per heavy atom. The molecule has 0 radical (unpaired) electrons. The Morgan fingerprint density at radius 1 is 1.37 bits per heavy atom. The average Bonchev–Trinajstić information content (AvgIpc) is 2.31. The maximum atomic E-state index is 11.8. The summed E-state index contributed by atoms with van der Waals surface area (Å²) < 4.78 is 0. The van der Waals surface area contributed by atoms with Crippen molar-refractivity contribution in [3.05, 3.63) is 29.3 Å². The molecule has 1 aromatic carbocycles. The van der Waals surface area contributed by atoms with Crippen LogP contribution in [-0.4, -0.2) is 28.9 Å². The lowest BCUT2D eigenvalue weighted by Gasteiger charge is -2.13. The largest absolute Gasteiger partial charge is 0.480 e. The van der Waals surface area contributed by atoms with Crippen LogP contribution in [0, 0.1) is 6.92 Å². The molecule has 0 heterocycles. The molecule has 19 heavy (non-hydrogen) atoms. The smallest absolute Gasteiger partial charge is 0.326 e. The van der Waals surface area contributed by atoms with Crippen LogP contribution in [0.4, 0.5) is 5.69 Å². The lowest BCUT2D eigenvalue weighted by Crippen LogP contribution is -2.43. The van der Waals surface area contributed by atoms with Gasteiger partial charge in [-0.05, 0) is 24.6 Å². The summed E-state index contributed by atoms with van der Waals surface area (Å²) >= 11 is 0. The van der Waals surface area contributed by atoms with E-state index in [9.17, 15) is 14.4 Å². The van der Waals surface area contributed by atoms with Crippen molar-refractivity contribution in [2.24, 2.45) is 5.73 Å². The van der Waals surface area contributed by atoms with Gasteiger partial charge in [0.15, 0.2) is 0 Å². The first-order chi connectivity index (χ1) is 8.81. The Balaban J connectivity index is 2.84. The number of rotatable bonds is 5. The van der Waals surface area contributed by atoms with E-state index in [0.29, 0.717) is 5.69 Å². The molecule has 0 aromatic heterocycles. The fourth-order valence-corrected chi connectivity index (χ4v) is 1.42. The number of primary amides is 1. The highest BCUT2D eigenvalue weighted by Gasteiger charge is 2.22. The topological polar surface area (TPSA) is 136 Å². The Labute approximate surface area is 109 Å². The van der Waals surface area contributed by atoms with Crippen molar-refractivity contribution >= 4 is 23.5 Å². The standard InChI is InChI=1S/C12H15N3O4/c1-6-2-3-7(4-8(6)13)11(17)15-9(12(18)19)5-10(14)16/h2-4,9H,5,13H2,1H3,(H2,14,16)(H,15,17)(H,18,19)/t9-/m0/s1. The molecule has 1 aromatic rings. The van der Waals surface area contributed by atoms with Gasteiger partial charge in [0.2, 0.25) is 5.91 Å². The van der Waals surface area contributed by atoms with Crippen LogP contribution in [0.15, 0.2) is 18.2 Å². The van der Waals surface area contributed by atoms with E-state index in [-0.39, 0.29) is 5.56 Å². The van der Waals surface area contributed by atoms with Gasteiger partial charge in [-0.1, -0.05) is 6.07 Å². The van der Waals surface area contributed by atoms with Crippen LogP contribution in [0.25, 0.3) is 0 Å². The summed E-state index contributed by atoms with van der Waals surface area (Å²) in [5, 5.41) is 11.1. The van der Waals surface area contributed by atoms with Crippen LogP contribution in [0.2, 0.25) is 0 Å². The number of hydrogen-bond acceptors (Lipinski definition) is 4. The Bertz CT molecular complexity index is 528. The predicted octanol–water partition coefficient (Wildman–Crippen LogP) is -0.364. The molecular weight excluding hydrogens is 250 g/mol. The first-order valence-corrected chi connectivity index (χ1v) is 5.49. The second-order valence-electron chi connectivity index (χ2n) is 4.11. The van der Waals surface area contributed by atoms with Crippen molar-refractivity contribution < 1.29 is 19.5 Å². The average molecular weight is 265 g/mol. The third-order valence-electron chi connectivity index (χ3n) is 2.55. The third-order valence-corrected chi connectivity index (χ3v) is 2.55. The molecule has 2 amide bonds. The molecule has 0 spiro atoms. The maximum Gasteiger partial charge on any atom is 0.326 e. The number of nitrogens with one attached hydrogen (secondary N) is 1. The fourth-order valence-electron chi connectivity index (χ4n) is 1.42. The summed E-state index contributed by atoms with van der Waals surface area (Å²) in [4.78, 5) is 33.4. The van der Waals surface area contributed by atoms with Crippen LogP contribution >= 0.6 is 0 Å². The monoisotopic (exact) mass is 265 g/mol. The number of carboxylic acids is 1. The van der Waals surface area contributed by atoms with E-state index in [4.69, 9.17) is 16.6 Å². The summed E-state index contributed by atoms with van der Waals surface area (Å²) in [5.41, 5.74) is 12.0. The third kappa shape index (κ3) is 3.98. The van der Waals surface area contributed by atoms with Crippen molar-refractivity contribution in [3.8, 4) is 0 Å². The van der Waals surface area contributed by atoms with Gasteiger partial charge in [-0.15, -0.1) is 0 Å². The van der Waals surface area contributed by atoms with Gasteiger partial charge in [0.25, 0.3) is 5.91 Å². The van der Waals surface area contributed by atoms with Gasteiger partial charge in [0, 0.05) is 11.3 Å². The Hall–Kier alpha value is -2.57. The van der Waals surface area contributed by atoms with Crippen LogP contribution in [-0.2, 0) is 9.59 Å². The number of hydrogen-bond donors (Lipinski definition) is 4. The number of benzene rings is 1. The molecule has 7 heteroatoms. The fraction of sp³-hybridized carbons (Fsp3) is 0.250. The summed E-state index contributed by atoms with van der Waals surface area (Å²) in [5.74, 6) is -2.76. The van der Waals surface area contributed by atoms with Crippen LogP contribution in [0.5, 0.6) is 0 Å². The number of carbonyl (C=O) groups excluding carboxylic acids is 2. The summed E-state index contributed by atoms with van der Waals surface area (Å²) in [7, 11) is 0. The van der Waals surface area contributed by atoms with Crippen molar-refractivity contribution in [2.75, 3.05) is 5.73 Å². The van der Waals surface area contributed by atoms with Crippen molar-refractivity contribution in [1.29, 1.82) is 0 Å². The molecule has 1 atom stereocenters. The minimum atomic E-state index is -1.35. The normalized spacial score (nSPS) is 11.6. The second kappa shape index (κ2) is 5.85. The van der Waals surface area contributed by atoms with E-state index in [2.05, 4.69) is 5.32 Å². The van der Waals surface area contributed by atoms with Gasteiger partial charge in [0.05, 0.1) is 6.42 Å². The molecule has 6 N–H and O–H groups in total. The Kier molecular flexibility index (Phi) is 4.46. The molecule has 0 aliphatic carbocycles.